The molecule has 0 bridgehead atoms. The minimum atomic E-state index is 0.581. The summed E-state index contributed by atoms with van der Waals surface area (Å²) in [5, 5.41) is 9.35. The molecule has 70 heavy (non-hydrogen) atoms. The van der Waals surface area contributed by atoms with Gasteiger partial charge in [0.15, 0.2) is 5.84 Å². The maximum Gasteiger partial charge on any atom is 0.161 e. The summed E-state index contributed by atoms with van der Waals surface area (Å²) in [6.45, 7) is 4.66. The fraction of sp³-hybridized carbons (Fsp3) is 0. The number of amidine groups is 1. The normalized spacial score (nSPS) is 12.4. The lowest BCUT2D eigenvalue weighted by Gasteiger charge is -2.10. The summed E-state index contributed by atoms with van der Waals surface area (Å²) in [5.74, 6) is 1.17. The van der Waals surface area contributed by atoms with Crippen LogP contribution in [-0.2, 0) is 0 Å². The molecule has 0 spiro atoms. The molecular formula is C64H40N4OS. The van der Waals surface area contributed by atoms with Crippen molar-refractivity contribution in [1.29, 1.82) is 0 Å². The molecule has 0 N–H and O–H groups in total. The molecule has 0 fully saturated rings. The Morgan fingerprint density at radius 3 is 1.94 bits per heavy atom. The lowest BCUT2D eigenvalue weighted by atomic mass is 9.96. The van der Waals surface area contributed by atoms with E-state index in [0.29, 0.717) is 11.7 Å². The number of furan rings is 1. The number of thiophene rings is 1. The second-order valence-electron chi connectivity index (χ2n) is 17.8. The fourth-order valence-electron chi connectivity index (χ4n) is 10.5. The van der Waals surface area contributed by atoms with Crippen LogP contribution in [0.15, 0.2) is 245 Å². The highest BCUT2D eigenvalue weighted by atomic mass is 32.1. The molecule has 0 saturated carbocycles. The molecule has 0 aliphatic heterocycles. The molecule has 0 radical (unpaired) electrons. The highest BCUT2D eigenvalue weighted by Crippen LogP contribution is 2.44. The van der Waals surface area contributed by atoms with Crippen molar-refractivity contribution in [2.75, 3.05) is 0 Å². The standard InChI is InChI=1S/C64H40N4OS/c1-40(66-64(42-18-7-3-8-19-42)65-39-41-16-5-2-6-17-41)67-56-31-28-43(34-51(56)52-38-62-53(37-58(52)67)49-23-12-14-27-61(49)70-62)44-30-33-59-54(35-44)63-47(24-15-26-60(63)69-59)45-29-32-57-50(36-45)48-22-11-13-25-55(48)68(57)46-20-9-4-10-21-46/h2-39H,1H2/b65-39+,66-64-. The van der Waals surface area contributed by atoms with Gasteiger partial charge in [-0.25, -0.2) is 9.98 Å². The first-order chi connectivity index (χ1) is 34.6. The highest BCUT2D eigenvalue weighted by Gasteiger charge is 2.20. The van der Waals surface area contributed by atoms with Gasteiger partial charge in [-0.1, -0.05) is 152 Å². The van der Waals surface area contributed by atoms with Crippen LogP contribution in [0.2, 0.25) is 0 Å². The van der Waals surface area contributed by atoms with Crippen molar-refractivity contribution in [3.05, 3.63) is 242 Å². The van der Waals surface area contributed by atoms with Crippen molar-refractivity contribution in [2.24, 2.45) is 9.98 Å². The topological polar surface area (TPSA) is 47.7 Å². The van der Waals surface area contributed by atoms with Gasteiger partial charge in [0.05, 0.1) is 22.1 Å². The van der Waals surface area contributed by atoms with Gasteiger partial charge >= 0.3 is 0 Å². The fourth-order valence-corrected chi connectivity index (χ4v) is 11.7. The molecule has 4 heterocycles. The lowest BCUT2D eigenvalue weighted by molar-refractivity contribution is 0.669. The molecule has 0 saturated heterocycles. The molecule has 0 aliphatic carbocycles. The molecule has 0 aliphatic rings. The van der Waals surface area contributed by atoms with Gasteiger partial charge in [0.25, 0.3) is 0 Å². The summed E-state index contributed by atoms with van der Waals surface area (Å²) in [7, 11) is 0. The highest BCUT2D eigenvalue weighted by molar-refractivity contribution is 7.25. The van der Waals surface area contributed by atoms with Gasteiger partial charge in [0, 0.05) is 70.0 Å². The summed E-state index contributed by atoms with van der Waals surface area (Å²) in [5.41, 5.74) is 13.7. The van der Waals surface area contributed by atoms with Crippen LogP contribution in [0.5, 0.6) is 0 Å². The van der Waals surface area contributed by atoms with Crippen LogP contribution in [-0.4, -0.2) is 21.2 Å². The van der Waals surface area contributed by atoms with E-state index >= 15 is 0 Å². The van der Waals surface area contributed by atoms with Crippen molar-refractivity contribution in [3.63, 3.8) is 0 Å². The molecule has 6 heteroatoms. The molecule has 5 nitrogen and oxygen atoms in total. The molecule has 14 aromatic rings. The Hall–Kier alpha value is -9.10. The first-order valence-electron chi connectivity index (χ1n) is 23.5. The number of rotatable bonds is 7. The van der Waals surface area contributed by atoms with E-state index in [4.69, 9.17) is 14.4 Å². The van der Waals surface area contributed by atoms with Gasteiger partial charge in [-0.3, -0.25) is 4.57 Å². The Morgan fingerprint density at radius 2 is 1.10 bits per heavy atom. The lowest BCUT2D eigenvalue weighted by Crippen LogP contribution is -2.02. The van der Waals surface area contributed by atoms with Gasteiger partial charge < -0.3 is 8.98 Å². The molecule has 10 aromatic carbocycles. The van der Waals surface area contributed by atoms with Gasteiger partial charge in [-0.15, -0.1) is 11.3 Å². The second-order valence-corrected chi connectivity index (χ2v) is 18.9. The van der Waals surface area contributed by atoms with E-state index < -0.39 is 0 Å². The minimum absolute atomic E-state index is 0.581. The van der Waals surface area contributed by atoms with E-state index in [1.54, 1.807) is 0 Å². The number of fused-ring (bicyclic) bond motifs is 12. The molecule has 14 rings (SSSR count). The van der Waals surface area contributed by atoms with Crippen molar-refractivity contribution in [2.45, 2.75) is 0 Å². The van der Waals surface area contributed by atoms with Crippen molar-refractivity contribution >= 4 is 115 Å². The SMILES string of the molecule is C=C(/N=C(\N=C\c1ccccc1)c1ccccc1)n1c2ccc(-c3ccc4oc5cccc(-c6ccc7c(c6)c6ccccc6n7-c6ccccc6)c5c4c3)cc2c2cc3sc4ccccc4c3cc21. The van der Waals surface area contributed by atoms with E-state index in [2.05, 4.69) is 180 Å². The number of benzene rings is 10. The van der Waals surface area contributed by atoms with Crippen molar-refractivity contribution in [3.8, 4) is 27.9 Å². The third kappa shape index (κ3) is 6.45. The van der Waals surface area contributed by atoms with Crippen LogP contribution in [0, 0.1) is 0 Å². The third-order valence-corrected chi connectivity index (χ3v) is 14.9. The summed E-state index contributed by atoms with van der Waals surface area (Å²) in [6.07, 6.45) is 1.87. The number of para-hydroxylation sites is 2. The van der Waals surface area contributed by atoms with Crippen LogP contribution in [0.4, 0.5) is 0 Å². The molecule has 328 valence electrons. The average molecular weight is 913 g/mol. The number of nitrogens with zero attached hydrogens (tertiary/aromatic N) is 4. The van der Waals surface area contributed by atoms with Crippen LogP contribution >= 0.6 is 11.3 Å². The van der Waals surface area contributed by atoms with E-state index in [1.807, 2.05) is 78.2 Å². The Bertz CT molecular complexity index is 4480. The first kappa shape index (κ1) is 40.0. The predicted octanol–water partition coefficient (Wildman–Crippen LogP) is 17.5. The van der Waals surface area contributed by atoms with Crippen molar-refractivity contribution < 1.29 is 4.42 Å². The monoisotopic (exact) mass is 912 g/mol. The Balaban J connectivity index is 0.930. The maximum atomic E-state index is 6.62. The predicted molar refractivity (Wildman–Crippen MR) is 297 cm³/mol. The van der Waals surface area contributed by atoms with Crippen LogP contribution < -0.4 is 0 Å². The quantitative estimate of drug-likeness (QED) is 0.116. The van der Waals surface area contributed by atoms with E-state index in [0.717, 1.165) is 82.8 Å². The van der Waals surface area contributed by atoms with Crippen LogP contribution in [0.1, 0.15) is 11.1 Å². The molecule has 4 aromatic heterocycles. The zero-order valence-corrected chi connectivity index (χ0v) is 38.6. The Morgan fingerprint density at radius 1 is 0.457 bits per heavy atom. The number of aliphatic imine (C=N–C) groups is 2. The van der Waals surface area contributed by atoms with E-state index in [-0.39, 0.29) is 0 Å². The van der Waals surface area contributed by atoms with Crippen LogP contribution in [0.3, 0.4) is 0 Å². The van der Waals surface area contributed by atoms with Crippen molar-refractivity contribution in [1.82, 2.24) is 9.13 Å². The average Bonchev–Trinajstić information content (AvgIpc) is 4.17. The minimum Gasteiger partial charge on any atom is -0.456 e. The first-order valence-corrected chi connectivity index (χ1v) is 24.3. The van der Waals surface area contributed by atoms with Gasteiger partial charge in [-0.2, -0.15) is 0 Å². The molecule has 0 unspecified atom stereocenters. The maximum absolute atomic E-state index is 6.62. The summed E-state index contributed by atoms with van der Waals surface area (Å²) >= 11 is 1.83. The van der Waals surface area contributed by atoms with E-state index in [9.17, 15) is 0 Å². The number of hydrogen-bond acceptors (Lipinski definition) is 3. The van der Waals surface area contributed by atoms with Gasteiger partial charge in [0.1, 0.15) is 17.0 Å². The zero-order valence-electron chi connectivity index (χ0n) is 37.8. The number of aromatic nitrogens is 2. The van der Waals surface area contributed by atoms with E-state index in [1.165, 1.54) is 42.0 Å². The summed E-state index contributed by atoms with van der Waals surface area (Å²) in [4.78, 5) is 10.2. The molecule has 0 amide bonds. The Labute approximate surface area is 406 Å². The van der Waals surface area contributed by atoms with Gasteiger partial charge in [0.2, 0.25) is 0 Å². The van der Waals surface area contributed by atoms with Crippen LogP contribution in [0.25, 0.3) is 119 Å². The largest absolute Gasteiger partial charge is 0.456 e. The smallest absolute Gasteiger partial charge is 0.161 e. The zero-order chi connectivity index (χ0) is 46.3. The summed E-state index contributed by atoms with van der Waals surface area (Å²) in [6, 6.07) is 79.5. The summed E-state index contributed by atoms with van der Waals surface area (Å²) < 4.78 is 13.7. The third-order valence-electron chi connectivity index (χ3n) is 13.8. The molecular weight excluding hydrogens is 873 g/mol. The Kier molecular flexibility index (Phi) is 9.16. The number of hydrogen-bond donors (Lipinski definition) is 0. The second kappa shape index (κ2) is 16.0. The molecule has 0 atom stereocenters. The van der Waals surface area contributed by atoms with Gasteiger partial charge in [-0.05, 0) is 107 Å².